The normalized spacial score (nSPS) is 31.1. The zero-order valence-electron chi connectivity index (χ0n) is 12.8. The monoisotopic (exact) mass is 280 g/mol. The number of rotatable bonds is 5. The molecule has 0 N–H and O–H groups in total. The molecule has 20 heavy (non-hydrogen) atoms. The van der Waals surface area contributed by atoms with Crippen molar-refractivity contribution in [3.63, 3.8) is 0 Å². The van der Waals surface area contributed by atoms with Gasteiger partial charge in [0, 0.05) is 45.2 Å². The van der Waals surface area contributed by atoms with Crippen LogP contribution in [0.4, 0.5) is 0 Å². The minimum atomic E-state index is 0.296. The highest BCUT2D eigenvalue weighted by atomic mass is 16.5. The highest BCUT2D eigenvalue weighted by molar-refractivity contribution is 5.77. The van der Waals surface area contributed by atoms with Crippen LogP contribution in [0.1, 0.15) is 44.9 Å². The van der Waals surface area contributed by atoms with Gasteiger partial charge in [-0.2, -0.15) is 0 Å². The summed E-state index contributed by atoms with van der Waals surface area (Å²) >= 11 is 0. The van der Waals surface area contributed by atoms with E-state index in [4.69, 9.17) is 4.74 Å². The van der Waals surface area contributed by atoms with Gasteiger partial charge in [0.25, 0.3) is 0 Å². The Labute approximate surface area is 122 Å². The van der Waals surface area contributed by atoms with Gasteiger partial charge in [0.2, 0.25) is 5.91 Å². The Hall–Kier alpha value is -0.610. The summed E-state index contributed by atoms with van der Waals surface area (Å²) < 4.78 is 5.19. The Kier molecular flexibility index (Phi) is 4.32. The van der Waals surface area contributed by atoms with E-state index in [0.717, 1.165) is 39.1 Å². The quantitative estimate of drug-likeness (QED) is 0.771. The van der Waals surface area contributed by atoms with Crippen LogP contribution in [-0.4, -0.2) is 61.1 Å². The van der Waals surface area contributed by atoms with E-state index in [1.807, 2.05) is 0 Å². The smallest absolute Gasteiger partial charge is 0.222 e. The summed E-state index contributed by atoms with van der Waals surface area (Å²) in [7, 11) is 1.76. The third-order valence-electron chi connectivity index (χ3n) is 5.71. The number of carbonyl (C=O) groups is 1. The summed E-state index contributed by atoms with van der Waals surface area (Å²) in [6, 6.07) is 0. The van der Waals surface area contributed by atoms with Crippen molar-refractivity contribution in [3.05, 3.63) is 0 Å². The molecule has 1 spiro atoms. The van der Waals surface area contributed by atoms with E-state index >= 15 is 0 Å². The van der Waals surface area contributed by atoms with Gasteiger partial charge in [-0.05, 0) is 31.6 Å². The van der Waals surface area contributed by atoms with E-state index < -0.39 is 0 Å². The number of hydrogen-bond donors (Lipinski definition) is 0. The average Bonchev–Trinajstić information content (AvgIpc) is 3.07. The molecular formula is C16H28N2O2. The molecular weight excluding hydrogens is 252 g/mol. The Balaban J connectivity index is 1.49. The van der Waals surface area contributed by atoms with Gasteiger partial charge >= 0.3 is 0 Å². The van der Waals surface area contributed by atoms with Gasteiger partial charge < -0.3 is 9.64 Å². The molecule has 3 fully saturated rings. The van der Waals surface area contributed by atoms with Gasteiger partial charge in [0.15, 0.2) is 0 Å². The lowest BCUT2D eigenvalue weighted by Crippen LogP contribution is -2.62. The van der Waals surface area contributed by atoms with Gasteiger partial charge in [0.05, 0.1) is 6.61 Å². The summed E-state index contributed by atoms with van der Waals surface area (Å²) in [5.41, 5.74) is 0.296. The lowest BCUT2D eigenvalue weighted by molar-refractivity contribution is -0.132. The third kappa shape index (κ3) is 2.73. The Morgan fingerprint density at radius 2 is 2.00 bits per heavy atom. The molecule has 0 aromatic rings. The average molecular weight is 280 g/mol. The predicted octanol–water partition coefficient (Wildman–Crippen LogP) is 1.89. The van der Waals surface area contributed by atoms with Crippen molar-refractivity contribution in [2.24, 2.45) is 5.92 Å². The fourth-order valence-electron chi connectivity index (χ4n) is 4.26. The van der Waals surface area contributed by atoms with Crippen LogP contribution in [0.25, 0.3) is 0 Å². The standard InChI is InChI=1S/C16H28N2O2/c1-20-11-10-18-9-7-16(18)6-8-17(13-16)15(19)12-14-4-2-3-5-14/h14H,2-13H2,1H3. The molecule has 4 heteroatoms. The van der Waals surface area contributed by atoms with Gasteiger partial charge in [-0.25, -0.2) is 0 Å². The zero-order valence-corrected chi connectivity index (χ0v) is 12.8. The Morgan fingerprint density at radius 3 is 2.65 bits per heavy atom. The Bertz CT molecular complexity index is 354. The van der Waals surface area contributed by atoms with Crippen LogP contribution in [0.3, 0.4) is 0 Å². The van der Waals surface area contributed by atoms with E-state index in [0.29, 0.717) is 17.4 Å². The first-order valence-electron chi connectivity index (χ1n) is 8.25. The van der Waals surface area contributed by atoms with Crippen molar-refractivity contribution in [1.29, 1.82) is 0 Å². The Morgan fingerprint density at radius 1 is 1.25 bits per heavy atom. The van der Waals surface area contributed by atoms with E-state index in [1.165, 1.54) is 38.6 Å². The van der Waals surface area contributed by atoms with Crippen LogP contribution in [-0.2, 0) is 9.53 Å². The maximum atomic E-state index is 12.4. The first-order chi connectivity index (χ1) is 9.73. The number of ether oxygens (including phenoxy) is 1. The largest absolute Gasteiger partial charge is 0.383 e. The molecule has 2 heterocycles. The second kappa shape index (κ2) is 6.02. The third-order valence-corrected chi connectivity index (χ3v) is 5.71. The molecule has 4 nitrogen and oxygen atoms in total. The van der Waals surface area contributed by atoms with E-state index in [1.54, 1.807) is 7.11 Å². The second-order valence-electron chi connectivity index (χ2n) is 6.87. The summed E-state index contributed by atoms with van der Waals surface area (Å²) in [6.07, 6.45) is 8.40. The lowest BCUT2D eigenvalue weighted by atomic mass is 9.84. The highest BCUT2D eigenvalue weighted by Gasteiger charge is 2.49. The molecule has 0 aromatic carbocycles. The highest BCUT2D eigenvalue weighted by Crippen LogP contribution is 2.39. The fourth-order valence-corrected chi connectivity index (χ4v) is 4.26. The van der Waals surface area contributed by atoms with Crippen molar-refractivity contribution in [2.75, 3.05) is 39.9 Å². The molecule has 3 aliphatic rings. The van der Waals surface area contributed by atoms with Crippen LogP contribution < -0.4 is 0 Å². The predicted molar refractivity (Wildman–Crippen MR) is 78.6 cm³/mol. The lowest BCUT2D eigenvalue weighted by Gasteiger charge is -2.50. The fraction of sp³-hybridized carbons (Fsp3) is 0.938. The molecule has 1 aliphatic carbocycles. The first-order valence-corrected chi connectivity index (χ1v) is 8.25. The number of carbonyl (C=O) groups excluding carboxylic acids is 1. The van der Waals surface area contributed by atoms with Gasteiger partial charge in [-0.3, -0.25) is 9.69 Å². The minimum Gasteiger partial charge on any atom is -0.383 e. The molecule has 1 atom stereocenters. The second-order valence-corrected chi connectivity index (χ2v) is 6.87. The maximum absolute atomic E-state index is 12.4. The summed E-state index contributed by atoms with van der Waals surface area (Å²) in [4.78, 5) is 17.1. The van der Waals surface area contributed by atoms with Gasteiger partial charge in [-0.1, -0.05) is 12.8 Å². The summed E-state index contributed by atoms with van der Waals surface area (Å²) in [5.74, 6) is 1.08. The van der Waals surface area contributed by atoms with Crippen LogP contribution in [0.5, 0.6) is 0 Å². The SMILES string of the molecule is COCCN1CCC12CCN(C(=O)CC1CCCC1)C2. The minimum absolute atomic E-state index is 0.296. The number of nitrogens with zero attached hydrogens (tertiary/aromatic N) is 2. The van der Waals surface area contributed by atoms with Crippen molar-refractivity contribution in [3.8, 4) is 0 Å². The van der Waals surface area contributed by atoms with Crippen LogP contribution in [0.15, 0.2) is 0 Å². The van der Waals surface area contributed by atoms with Gasteiger partial charge in [-0.15, -0.1) is 0 Å². The number of likely N-dealkylation sites (tertiary alicyclic amines) is 2. The van der Waals surface area contributed by atoms with E-state index in [-0.39, 0.29) is 0 Å². The molecule has 0 radical (unpaired) electrons. The molecule has 1 unspecified atom stereocenters. The summed E-state index contributed by atoms with van der Waals surface area (Å²) in [6.45, 7) is 4.92. The molecule has 2 saturated heterocycles. The topological polar surface area (TPSA) is 32.8 Å². The molecule has 1 saturated carbocycles. The van der Waals surface area contributed by atoms with E-state index in [2.05, 4.69) is 9.80 Å². The molecule has 3 rings (SSSR count). The van der Waals surface area contributed by atoms with Crippen molar-refractivity contribution < 1.29 is 9.53 Å². The van der Waals surface area contributed by atoms with Crippen LogP contribution in [0.2, 0.25) is 0 Å². The van der Waals surface area contributed by atoms with E-state index in [9.17, 15) is 4.79 Å². The number of amides is 1. The van der Waals surface area contributed by atoms with Crippen molar-refractivity contribution in [2.45, 2.75) is 50.5 Å². The molecule has 0 aromatic heterocycles. The van der Waals surface area contributed by atoms with Gasteiger partial charge in [0.1, 0.15) is 0 Å². The summed E-state index contributed by atoms with van der Waals surface area (Å²) in [5, 5.41) is 0. The number of methoxy groups -OCH3 is 1. The molecule has 2 aliphatic heterocycles. The van der Waals surface area contributed by atoms with Crippen molar-refractivity contribution >= 4 is 5.91 Å². The molecule has 0 bridgehead atoms. The number of hydrogen-bond acceptors (Lipinski definition) is 3. The van der Waals surface area contributed by atoms with Crippen LogP contribution >= 0.6 is 0 Å². The molecule has 1 amide bonds. The van der Waals surface area contributed by atoms with Crippen molar-refractivity contribution in [1.82, 2.24) is 9.80 Å². The molecule has 114 valence electrons. The maximum Gasteiger partial charge on any atom is 0.222 e. The zero-order chi connectivity index (χ0) is 14.0. The first kappa shape index (κ1) is 14.3. The van der Waals surface area contributed by atoms with Crippen LogP contribution in [0, 0.1) is 5.92 Å².